The Labute approximate surface area is 167 Å². The van der Waals surface area contributed by atoms with Gasteiger partial charge in [0.15, 0.2) is 0 Å². The molecule has 2 heterocycles. The quantitative estimate of drug-likeness (QED) is 0.776. The third-order valence-electron chi connectivity index (χ3n) is 5.88. The molecule has 150 valence electrons. The van der Waals surface area contributed by atoms with Crippen molar-refractivity contribution in [3.8, 4) is 5.75 Å². The molecule has 0 radical (unpaired) electrons. The van der Waals surface area contributed by atoms with Crippen LogP contribution in [0.4, 0.5) is 0 Å². The van der Waals surface area contributed by atoms with Gasteiger partial charge < -0.3 is 4.74 Å². The molecule has 1 saturated heterocycles. The van der Waals surface area contributed by atoms with Crippen LogP contribution >= 0.6 is 0 Å². The van der Waals surface area contributed by atoms with Crippen LogP contribution in [0.3, 0.4) is 0 Å². The summed E-state index contributed by atoms with van der Waals surface area (Å²) < 4.78 is 32.4. The van der Waals surface area contributed by atoms with Gasteiger partial charge in [-0.05, 0) is 55.6 Å². The van der Waals surface area contributed by atoms with Crippen LogP contribution in [0.1, 0.15) is 36.0 Å². The lowest BCUT2D eigenvalue weighted by molar-refractivity contribution is 0.0501. The number of likely N-dealkylation sites (tertiary alicyclic amines) is 1. The van der Waals surface area contributed by atoms with Crippen LogP contribution in [0, 0.1) is 0 Å². The van der Waals surface area contributed by atoms with Crippen LogP contribution in [0.5, 0.6) is 5.75 Å². The summed E-state index contributed by atoms with van der Waals surface area (Å²) in [5.41, 5.74) is 3.49. The molecule has 28 heavy (non-hydrogen) atoms. The molecule has 2 unspecified atom stereocenters. The lowest BCUT2D eigenvalue weighted by Gasteiger charge is -2.45. The number of hydrogen-bond donors (Lipinski definition) is 1. The average Bonchev–Trinajstić information content (AvgIpc) is 2.67. The first-order valence-corrected chi connectivity index (χ1v) is 11.7. The van der Waals surface area contributed by atoms with Crippen LogP contribution in [0.15, 0.2) is 48.5 Å². The molecule has 2 atom stereocenters. The van der Waals surface area contributed by atoms with Gasteiger partial charge in [0.2, 0.25) is 10.0 Å². The Kier molecular flexibility index (Phi) is 5.71. The summed E-state index contributed by atoms with van der Waals surface area (Å²) in [5.74, 6) is 1.36. The van der Waals surface area contributed by atoms with E-state index in [1.807, 2.05) is 18.2 Å². The van der Waals surface area contributed by atoms with Gasteiger partial charge in [-0.15, -0.1) is 0 Å². The first-order valence-electron chi connectivity index (χ1n) is 10.1. The highest BCUT2D eigenvalue weighted by Crippen LogP contribution is 2.39. The summed E-state index contributed by atoms with van der Waals surface area (Å²) in [7, 11) is -3.21. The van der Waals surface area contributed by atoms with Crippen LogP contribution < -0.4 is 9.46 Å². The number of hydrogen-bond acceptors (Lipinski definition) is 4. The molecule has 0 amide bonds. The SMILES string of the molecule is CCS(=O)(=O)NCc1ccc2c(c1)C(Cc1ccccc1)C(N1CCC1)CO2. The fourth-order valence-electron chi connectivity index (χ4n) is 4.07. The summed E-state index contributed by atoms with van der Waals surface area (Å²) in [6.45, 7) is 4.94. The largest absolute Gasteiger partial charge is 0.492 e. The van der Waals surface area contributed by atoms with Gasteiger partial charge in [-0.25, -0.2) is 13.1 Å². The molecule has 2 aromatic carbocycles. The van der Waals surface area contributed by atoms with E-state index in [4.69, 9.17) is 4.74 Å². The first kappa shape index (κ1) is 19.4. The highest BCUT2D eigenvalue weighted by atomic mass is 32.2. The Morgan fingerprint density at radius 1 is 1.11 bits per heavy atom. The van der Waals surface area contributed by atoms with E-state index in [0.29, 0.717) is 25.1 Å². The van der Waals surface area contributed by atoms with Gasteiger partial charge in [0.05, 0.1) is 11.8 Å². The minimum absolute atomic E-state index is 0.0920. The number of nitrogens with one attached hydrogen (secondary N) is 1. The molecule has 0 aliphatic carbocycles. The van der Waals surface area contributed by atoms with Gasteiger partial charge in [-0.2, -0.15) is 0 Å². The molecule has 2 aromatic rings. The molecule has 5 nitrogen and oxygen atoms in total. The Morgan fingerprint density at radius 2 is 1.89 bits per heavy atom. The molecule has 1 N–H and O–H groups in total. The molecule has 1 fully saturated rings. The molecule has 2 aliphatic heterocycles. The fourth-order valence-corrected chi connectivity index (χ4v) is 4.66. The second-order valence-corrected chi connectivity index (χ2v) is 9.76. The Balaban J connectivity index is 1.62. The van der Waals surface area contributed by atoms with Crippen molar-refractivity contribution in [1.82, 2.24) is 9.62 Å². The molecule has 2 aliphatic rings. The van der Waals surface area contributed by atoms with Gasteiger partial charge in [0.1, 0.15) is 12.4 Å². The predicted molar refractivity (Wildman–Crippen MR) is 111 cm³/mol. The number of ether oxygens (including phenoxy) is 1. The third kappa shape index (κ3) is 4.24. The molecule has 4 rings (SSSR count). The van der Waals surface area contributed by atoms with Gasteiger partial charge in [0.25, 0.3) is 0 Å². The van der Waals surface area contributed by atoms with Crippen LogP contribution in [-0.2, 0) is 23.0 Å². The van der Waals surface area contributed by atoms with Crippen LogP contribution in [-0.4, -0.2) is 44.8 Å². The molecular formula is C22H28N2O3S. The van der Waals surface area contributed by atoms with E-state index < -0.39 is 10.0 Å². The van der Waals surface area contributed by atoms with Crippen molar-refractivity contribution in [2.45, 2.75) is 38.3 Å². The number of nitrogens with zero attached hydrogens (tertiary/aromatic N) is 1. The van der Waals surface area contributed by atoms with E-state index >= 15 is 0 Å². The molecule has 0 aromatic heterocycles. The summed E-state index contributed by atoms with van der Waals surface area (Å²) in [6, 6.07) is 17.0. The zero-order valence-electron chi connectivity index (χ0n) is 16.3. The van der Waals surface area contributed by atoms with Crippen molar-refractivity contribution in [1.29, 1.82) is 0 Å². The molecule has 6 heteroatoms. The highest BCUT2D eigenvalue weighted by molar-refractivity contribution is 7.89. The second kappa shape index (κ2) is 8.23. The molecule has 0 bridgehead atoms. The van der Waals surface area contributed by atoms with E-state index in [9.17, 15) is 8.42 Å². The number of sulfonamides is 1. The first-order chi connectivity index (χ1) is 13.6. The standard InChI is InChI=1S/C22H28N2O3S/c1-2-28(25,26)23-15-18-9-10-22-20(14-18)19(13-17-7-4-3-5-8-17)21(16-27-22)24-11-6-12-24/h3-5,7-10,14,19,21,23H,2,6,11-13,15-16H2,1H3. The van der Waals surface area contributed by atoms with E-state index in [1.54, 1.807) is 6.92 Å². The maximum absolute atomic E-state index is 11.8. The molecule has 0 saturated carbocycles. The lowest BCUT2D eigenvalue weighted by Crippen LogP contribution is -2.52. The molecule has 0 spiro atoms. The predicted octanol–water partition coefficient (Wildman–Crippen LogP) is 2.92. The zero-order chi connectivity index (χ0) is 19.6. The average molecular weight is 401 g/mol. The number of benzene rings is 2. The summed E-state index contributed by atoms with van der Waals surface area (Å²) >= 11 is 0. The van der Waals surface area contributed by atoms with Gasteiger partial charge >= 0.3 is 0 Å². The minimum atomic E-state index is -3.21. The van der Waals surface area contributed by atoms with Crippen molar-refractivity contribution < 1.29 is 13.2 Å². The monoisotopic (exact) mass is 400 g/mol. The lowest BCUT2D eigenvalue weighted by atomic mass is 9.81. The summed E-state index contributed by atoms with van der Waals surface area (Å²) in [5, 5.41) is 0. The Bertz CT molecular complexity index is 911. The van der Waals surface area contributed by atoms with Gasteiger partial charge in [-0.1, -0.05) is 42.5 Å². The Morgan fingerprint density at radius 3 is 2.57 bits per heavy atom. The topological polar surface area (TPSA) is 58.6 Å². The fraction of sp³-hybridized carbons (Fsp3) is 0.455. The number of fused-ring (bicyclic) bond motifs is 1. The van der Waals surface area contributed by atoms with Crippen LogP contribution in [0.25, 0.3) is 0 Å². The van der Waals surface area contributed by atoms with Crippen molar-refractivity contribution in [2.75, 3.05) is 25.4 Å². The maximum atomic E-state index is 11.8. The van der Waals surface area contributed by atoms with Crippen LogP contribution in [0.2, 0.25) is 0 Å². The zero-order valence-corrected chi connectivity index (χ0v) is 17.1. The highest BCUT2D eigenvalue weighted by Gasteiger charge is 2.37. The summed E-state index contributed by atoms with van der Waals surface area (Å²) in [6.07, 6.45) is 2.21. The van der Waals surface area contributed by atoms with Crippen molar-refractivity contribution in [3.63, 3.8) is 0 Å². The second-order valence-electron chi connectivity index (χ2n) is 7.66. The van der Waals surface area contributed by atoms with E-state index in [1.165, 1.54) is 17.5 Å². The minimum Gasteiger partial charge on any atom is -0.492 e. The van der Waals surface area contributed by atoms with Gasteiger partial charge in [-0.3, -0.25) is 4.90 Å². The third-order valence-corrected chi connectivity index (χ3v) is 7.23. The Hall–Kier alpha value is -1.89. The van der Waals surface area contributed by atoms with E-state index in [-0.39, 0.29) is 5.75 Å². The smallest absolute Gasteiger partial charge is 0.211 e. The number of rotatable bonds is 7. The van der Waals surface area contributed by atoms with Crippen molar-refractivity contribution in [2.24, 2.45) is 0 Å². The maximum Gasteiger partial charge on any atom is 0.211 e. The molecular weight excluding hydrogens is 372 g/mol. The normalized spacial score (nSPS) is 22.2. The van der Waals surface area contributed by atoms with E-state index in [0.717, 1.165) is 30.8 Å². The van der Waals surface area contributed by atoms with E-state index in [2.05, 4.69) is 40.0 Å². The summed E-state index contributed by atoms with van der Waals surface area (Å²) in [4.78, 5) is 2.52. The van der Waals surface area contributed by atoms with Crippen molar-refractivity contribution >= 4 is 10.0 Å². The van der Waals surface area contributed by atoms with Gasteiger partial charge in [0, 0.05) is 12.5 Å². The van der Waals surface area contributed by atoms with Crippen molar-refractivity contribution in [3.05, 3.63) is 65.2 Å².